The number of hydrogen-bond acceptors (Lipinski definition) is 6. The van der Waals surface area contributed by atoms with Gasteiger partial charge in [0.25, 0.3) is 5.91 Å². The minimum Gasteiger partial charge on any atom is -0.497 e. The van der Waals surface area contributed by atoms with Gasteiger partial charge in [0.15, 0.2) is 0 Å². The van der Waals surface area contributed by atoms with Crippen LogP contribution in [0.15, 0.2) is 48.5 Å². The number of nitrogens with zero attached hydrogens (tertiary/aromatic N) is 2. The molecule has 0 radical (unpaired) electrons. The second kappa shape index (κ2) is 10.3. The first-order valence-corrected chi connectivity index (χ1v) is 11.5. The van der Waals surface area contributed by atoms with Crippen LogP contribution in [-0.4, -0.2) is 75.4 Å². The largest absolute Gasteiger partial charge is 0.497 e. The van der Waals surface area contributed by atoms with Crippen LogP contribution in [0.25, 0.3) is 0 Å². The summed E-state index contributed by atoms with van der Waals surface area (Å²) < 4.78 is 5.24. The van der Waals surface area contributed by atoms with Crippen LogP contribution in [0.2, 0.25) is 0 Å². The summed E-state index contributed by atoms with van der Waals surface area (Å²) in [6, 6.07) is 16.7. The fourth-order valence-corrected chi connectivity index (χ4v) is 4.52. The highest BCUT2D eigenvalue weighted by Gasteiger charge is 2.25. The number of ether oxygens (including phenoxy) is 1. The number of hydrogen-bond donors (Lipinski definition) is 3. The van der Waals surface area contributed by atoms with E-state index >= 15 is 0 Å². The fourth-order valence-electron chi connectivity index (χ4n) is 4.52. The van der Waals surface area contributed by atoms with E-state index in [9.17, 15) is 4.79 Å². The Labute approximate surface area is 191 Å². The Morgan fingerprint density at radius 1 is 1.00 bits per heavy atom. The number of piperidine rings is 1. The van der Waals surface area contributed by atoms with Crippen molar-refractivity contribution in [3.8, 4) is 5.75 Å². The Morgan fingerprint density at radius 2 is 1.62 bits per heavy atom. The van der Waals surface area contributed by atoms with Crippen molar-refractivity contribution in [2.24, 2.45) is 0 Å². The van der Waals surface area contributed by atoms with Crippen molar-refractivity contribution in [2.75, 3.05) is 52.7 Å². The molecule has 172 valence electrons. The lowest BCUT2D eigenvalue weighted by Crippen LogP contribution is -2.55. The first-order chi connectivity index (χ1) is 15.5. The zero-order valence-corrected chi connectivity index (χ0v) is 19.3. The maximum atomic E-state index is 12.8. The molecule has 3 N–H and O–H groups in total. The molecule has 0 unspecified atom stereocenters. The van der Waals surface area contributed by atoms with Gasteiger partial charge in [0, 0.05) is 49.4 Å². The molecular formula is C25H35N5O2. The SMILES string of the molecule is COc1ccc(C2CNC(Nc3ccc(C(=O)N4CCC(N(C)C)CC4)cc3)NC2)cc1. The molecule has 0 spiro atoms. The van der Waals surface area contributed by atoms with Gasteiger partial charge >= 0.3 is 0 Å². The Morgan fingerprint density at radius 3 is 2.19 bits per heavy atom. The van der Waals surface area contributed by atoms with Gasteiger partial charge in [-0.25, -0.2) is 0 Å². The highest BCUT2D eigenvalue weighted by atomic mass is 16.5. The lowest BCUT2D eigenvalue weighted by molar-refractivity contribution is 0.0663. The molecule has 32 heavy (non-hydrogen) atoms. The Hall–Kier alpha value is -2.61. The number of amides is 1. The summed E-state index contributed by atoms with van der Waals surface area (Å²) in [5, 5.41) is 10.5. The van der Waals surface area contributed by atoms with E-state index in [0.717, 1.165) is 56.0 Å². The number of methoxy groups -OCH3 is 1. The molecule has 0 atom stereocenters. The fraction of sp³-hybridized carbons (Fsp3) is 0.480. The molecule has 2 fully saturated rings. The molecule has 2 aromatic rings. The first kappa shape index (κ1) is 22.6. The second-order valence-electron chi connectivity index (χ2n) is 8.93. The van der Waals surface area contributed by atoms with Crippen molar-refractivity contribution in [1.82, 2.24) is 20.4 Å². The van der Waals surface area contributed by atoms with Gasteiger partial charge in [0.05, 0.1) is 7.11 Å². The van der Waals surface area contributed by atoms with Gasteiger partial charge in [-0.2, -0.15) is 0 Å². The van der Waals surface area contributed by atoms with Gasteiger partial charge in [0.1, 0.15) is 12.0 Å². The average molecular weight is 438 g/mol. The summed E-state index contributed by atoms with van der Waals surface area (Å²) in [6.45, 7) is 3.42. The summed E-state index contributed by atoms with van der Waals surface area (Å²) in [5.74, 6) is 1.42. The number of nitrogens with one attached hydrogen (secondary N) is 3. The van der Waals surface area contributed by atoms with E-state index in [-0.39, 0.29) is 12.2 Å². The van der Waals surface area contributed by atoms with Crippen LogP contribution in [-0.2, 0) is 0 Å². The maximum absolute atomic E-state index is 12.8. The van der Waals surface area contributed by atoms with Crippen molar-refractivity contribution in [3.05, 3.63) is 59.7 Å². The molecule has 0 aliphatic carbocycles. The van der Waals surface area contributed by atoms with Crippen molar-refractivity contribution in [3.63, 3.8) is 0 Å². The topological polar surface area (TPSA) is 68.9 Å². The molecule has 4 rings (SSSR count). The molecule has 7 nitrogen and oxygen atoms in total. The number of rotatable bonds is 6. The van der Waals surface area contributed by atoms with Crippen LogP contribution in [0.1, 0.15) is 34.7 Å². The van der Waals surface area contributed by atoms with Crippen molar-refractivity contribution in [2.45, 2.75) is 31.1 Å². The predicted molar refractivity (Wildman–Crippen MR) is 128 cm³/mol. The quantitative estimate of drug-likeness (QED) is 0.645. The maximum Gasteiger partial charge on any atom is 0.253 e. The van der Waals surface area contributed by atoms with Gasteiger partial charge in [-0.05, 0) is 68.9 Å². The number of carbonyl (C=O) groups excluding carboxylic acids is 1. The first-order valence-electron chi connectivity index (χ1n) is 11.5. The smallest absolute Gasteiger partial charge is 0.253 e. The van der Waals surface area contributed by atoms with Crippen LogP contribution in [0.5, 0.6) is 5.75 Å². The van der Waals surface area contributed by atoms with Gasteiger partial charge in [-0.15, -0.1) is 0 Å². The van der Waals surface area contributed by atoms with E-state index in [0.29, 0.717) is 12.0 Å². The van der Waals surface area contributed by atoms with E-state index in [2.05, 4.69) is 47.1 Å². The molecular weight excluding hydrogens is 402 g/mol. The zero-order valence-electron chi connectivity index (χ0n) is 19.3. The van der Waals surface area contributed by atoms with Crippen LogP contribution in [0.3, 0.4) is 0 Å². The minimum absolute atomic E-state index is 0.00360. The summed E-state index contributed by atoms with van der Waals surface area (Å²) in [4.78, 5) is 17.1. The molecule has 0 aromatic heterocycles. The van der Waals surface area contributed by atoms with Crippen LogP contribution in [0.4, 0.5) is 5.69 Å². The van der Waals surface area contributed by atoms with Crippen molar-refractivity contribution in [1.29, 1.82) is 0 Å². The van der Waals surface area contributed by atoms with Crippen LogP contribution in [0, 0.1) is 0 Å². The number of anilines is 1. The lowest BCUT2D eigenvalue weighted by atomic mass is 9.97. The summed E-state index contributed by atoms with van der Waals surface area (Å²) in [7, 11) is 5.91. The standard InChI is InChI=1S/C25H35N5O2/c1-29(2)22-12-14-30(15-13-22)24(31)19-4-8-21(9-5-19)28-25-26-16-20(17-27-25)18-6-10-23(32-3)11-7-18/h4-11,20,22,25-28H,12-17H2,1-3H3. The van der Waals surface area contributed by atoms with Gasteiger partial charge in [0.2, 0.25) is 0 Å². The average Bonchev–Trinajstić information content (AvgIpc) is 2.85. The monoisotopic (exact) mass is 437 g/mol. The molecule has 0 bridgehead atoms. The lowest BCUT2D eigenvalue weighted by Gasteiger charge is -2.35. The molecule has 2 saturated heterocycles. The van der Waals surface area contributed by atoms with E-state index in [1.807, 2.05) is 41.3 Å². The Bertz CT molecular complexity index is 868. The van der Waals surface area contributed by atoms with Gasteiger partial charge in [-0.3, -0.25) is 15.4 Å². The summed E-state index contributed by atoms with van der Waals surface area (Å²) >= 11 is 0. The second-order valence-corrected chi connectivity index (χ2v) is 8.93. The van der Waals surface area contributed by atoms with E-state index in [4.69, 9.17) is 4.74 Å². The van der Waals surface area contributed by atoms with Gasteiger partial charge < -0.3 is 19.9 Å². The molecule has 2 aromatic carbocycles. The molecule has 0 saturated carbocycles. The Balaban J connectivity index is 1.26. The summed E-state index contributed by atoms with van der Waals surface area (Å²) in [6.07, 6.45) is 2.07. The van der Waals surface area contributed by atoms with Gasteiger partial charge in [-0.1, -0.05) is 12.1 Å². The molecule has 2 aliphatic rings. The summed E-state index contributed by atoms with van der Waals surface area (Å²) in [5.41, 5.74) is 3.03. The molecule has 2 heterocycles. The third kappa shape index (κ3) is 5.41. The number of benzene rings is 2. The van der Waals surface area contributed by atoms with Crippen molar-refractivity contribution >= 4 is 11.6 Å². The van der Waals surface area contributed by atoms with E-state index in [1.165, 1.54) is 5.56 Å². The zero-order chi connectivity index (χ0) is 22.5. The Kier molecular flexibility index (Phi) is 7.29. The van der Waals surface area contributed by atoms with Crippen LogP contribution < -0.4 is 20.7 Å². The third-order valence-electron chi connectivity index (χ3n) is 6.65. The minimum atomic E-state index is -0.00360. The van der Waals surface area contributed by atoms with E-state index < -0.39 is 0 Å². The third-order valence-corrected chi connectivity index (χ3v) is 6.65. The highest BCUT2D eigenvalue weighted by molar-refractivity contribution is 5.94. The molecule has 1 amide bonds. The predicted octanol–water partition coefficient (Wildman–Crippen LogP) is 2.53. The normalized spacial score (nSPS) is 22.1. The molecule has 2 aliphatic heterocycles. The van der Waals surface area contributed by atoms with E-state index in [1.54, 1.807) is 7.11 Å². The van der Waals surface area contributed by atoms with Crippen LogP contribution >= 0.6 is 0 Å². The highest BCUT2D eigenvalue weighted by Crippen LogP contribution is 2.21. The molecule has 7 heteroatoms. The number of likely N-dealkylation sites (tertiary alicyclic amines) is 1. The number of carbonyl (C=O) groups is 1. The van der Waals surface area contributed by atoms with Crippen molar-refractivity contribution < 1.29 is 9.53 Å².